The number of aryl methyl sites for hydroxylation is 1. The normalized spacial score (nSPS) is 19.1. The Hall–Kier alpha value is -2.15. The summed E-state index contributed by atoms with van der Waals surface area (Å²) >= 11 is 6.37. The Balaban J connectivity index is 1.33. The number of hydrogen-bond donors (Lipinski definition) is 1. The second-order valence-electron chi connectivity index (χ2n) is 8.78. The second-order valence-corrected chi connectivity index (χ2v) is 11.3. The van der Waals surface area contributed by atoms with Crippen LogP contribution in [0.5, 0.6) is 0 Å². The average molecular weight is 456 g/mol. The summed E-state index contributed by atoms with van der Waals surface area (Å²) < 4.78 is 23.4. The number of benzene rings is 2. The number of nitrogens with zero attached hydrogens (tertiary/aromatic N) is 2. The van der Waals surface area contributed by atoms with E-state index in [1.165, 1.54) is 23.1 Å². The molecule has 7 heteroatoms. The SMILES string of the molecule is CS(=O)(=O)Cc1ccc2c(c1)CC(N1CCc3nc(-c4ccccc4Cl)[nH]c3C1)CC2. The third-order valence-corrected chi connectivity index (χ3v) is 7.60. The van der Waals surface area contributed by atoms with Gasteiger partial charge in [0.15, 0.2) is 9.84 Å². The summed E-state index contributed by atoms with van der Waals surface area (Å²) in [5.74, 6) is 0.952. The molecule has 2 aliphatic rings. The van der Waals surface area contributed by atoms with Gasteiger partial charge in [-0.15, -0.1) is 0 Å². The average Bonchev–Trinajstić information content (AvgIpc) is 3.15. The minimum Gasteiger partial charge on any atom is -0.340 e. The highest BCUT2D eigenvalue weighted by molar-refractivity contribution is 7.89. The highest BCUT2D eigenvalue weighted by Crippen LogP contribution is 2.31. The Kier molecular flexibility index (Phi) is 5.40. The lowest BCUT2D eigenvalue weighted by Gasteiger charge is -2.37. The third kappa shape index (κ3) is 4.43. The van der Waals surface area contributed by atoms with Crippen molar-refractivity contribution in [1.82, 2.24) is 14.9 Å². The fraction of sp³-hybridized carbons (Fsp3) is 0.375. The van der Waals surface area contributed by atoms with E-state index < -0.39 is 9.84 Å². The molecule has 0 radical (unpaired) electrons. The summed E-state index contributed by atoms with van der Waals surface area (Å²) in [6, 6.07) is 14.4. The van der Waals surface area contributed by atoms with Gasteiger partial charge in [0.2, 0.25) is 0 Å². The third-order valence-electron chi connectivity index (χ3n) is 6.41. The molecule has 0 amide bonds. The fourth-order valence-electron chi connectivity index (χ4n) is 4.90. The van der Waals surface area contributed by atoms with Crippen LogP contribution in [0.15, 0.2) is 42.5 Å². The summed E-state index contributed by atoms with van der Waals surface area (Å²) in [5, 5.41) is 0.708. The second kappa shape index (κ2) is 8.08. The highest BCUT2D eigenvalue weighted by atomic mass is 35.5. The fourth-order valence-corrected chi connectivity index (χ4v) is 5.91. The first kappa shape index (κ1) is 20.7. The molecule has 162 valence electrons. The molecule has 0 saturated heterocycles. The lowest BCUT2D eigenvalue weighted by molar-refractivity contribution is 0.160. The van der Waals surface area contributed by atoms with Gasteiger partial charge in [-0.2, -0.15) is 0 Å². The van der Waals surface area contributed by atoms with Gasteiger partial charge < -0.3 is 4.98 Å². The molecule has 0 bridgehead atoms. The van der Waals surface area contributed by atoms with Crippen molar-refractivity contribution >= 4 is 21.4 Å². The van der Waals surface area contributed by atoms with Crippen molar-refractivity contribution in [3.05, 3.63) is 75.6 Å². The van der Waals surface area contributed by atoms with Crippen molar-refractivity contribution in [2.75, 3.05) is 12.8 Å². The number of imidazole rings is 1. The quantitative estimate of drug-likeness (QED) is 0.640. The number of sulfone groups is 1. The molecule has 31 heavy (non-hydrogen) atoms. The van der Waals surface area contributed by atoms with Crippen molar-refractivity contribution in [3.63, 3.8) is 0 Å². The molecule has 2 heterocycles. The van der Waals surface area contributed by atoms with Gasteiger partial charge in [-0.05, 0) is 48.1 Å². The number of rotatable bonds is 4. The minimum atomic E-state index is -3.03. The maximum atomic E-state index is 11.7. The van der Waals surface area contributed by atoms with Gasteiger partial charge in [-0.25, -0.2) is 13.4 Å². The van der Waals surface area contributed by atoms with Crippen LogP contribution < -0.4 is 0 Å². The van der Waals surface area contributed by atoms with Crippen molar-refractivity contribution < 1.29 is 8.42 Å². The van der Waals surface area contributed by atoms with Gasteiger partial charge in [-0.3, -0.25) is 4.90 Å². The number of aromatic nitrogens is 2. The minimum absolute atomic E-state index is 0.108. The standard InChI is InChI=1S/C24H26ClN3O2S/c1-31(29,30)15-16-6-7-17-8-9-19(13-18(17)12-16)28-11-10-22-23(14-28)27-24(26-22)20-4-2-3-5-21(20)25/h2-7,12,19H,8-11,13-15H2,1H3,(H,26,27). The molecule has 0 fully saturated rings. The lowest BCUT2D eigenvalue weighted by atomic mass is 9.86. The van der Waals surface area contributed by atoms with E-state index in [4.69, 9.17) is 16.6 Å². The molecule has 1 aliphatic heterocycles. The molecule has 1 atom stereocenters. The summed E-state index contributed by atoms with van der Waals surface area (Å²) in [4.78, 5) is 10.9. The topological polar surface area (TPSA) is 66.1 Å². The van der Waals surface area contributed by atoms with Crippen LogP contribution in [-0.4, -0.2) is 42.1 Å². The molecule has 5 nitrogen and oxygen atoms in total. The number of nitrogens with one attached hydrogen (secondary N) is 1. The zero-order valence-electron chi connectivity index (χ0n) is 17.6. The van der Waals surface area contributed by atoms with E-state index in [1.54, 1.807) is 0 Å². The van der Waals surface area contributed by atoms with Crippen molar-refractivity contribution in [2.24, 2.45) is 0 Å². The van der Waals surface area contributed by atoms with Gasteiger partial charge in [0.05, 0.1) is 22.2 Å². The maximum Gasteiger partial charge on any atom is 0.151 e. The largest absolute Gasteiger partial charge is 0.340 e. The smallest absolute Gasteiger partial charge is 0.151 e. The van der Waals surface area contributed by atoms with Gasteiger partial charge in [0, 0.05) is 37.4 Å². The number of hydrogen-bond acceptors (Lipinski definition) is 4. The van der Waals surface area contributed by atoms with E-state index in [0.717, 1.165) is 61.4 Å². The molecule has 1 aromatic heterocycles. The van der Waals surface area contributed by atoms with Crippen molar-refractivity contribution in [1.29, 1.82) is 0 Å². The summed E-state index contributed by atoms with van der Waals surface area (Å²) in [6.07, 6.45) is 5.35. The predicted molar refractivity (Wildman–Crippen MR) is 124 cm³/mol. The number of aromatic amines is 1. The van der Waals surface area contributed by atoms with E-state index in [9.17, 15) is 8.42 Å². The van der Waals surface area contributed by atoms with Crippen LogP contribution in [0.3, 0.4) is 0 Å². The first-order chi connectivity index (χ1) is 14.9. The molecule has 1 aliphatic carbocycles. The number of halogens is 1. The molecule has 1 N–H and O–H groups in total. The zero-order chi connectivity index (χ0) is 21.6. The Morgan fingerprint density at radius 1 is 1.16 bits per heavy atom. The molecular weight excluding hydrogens is 430 g/mol. The highest BCUT2D eigenvalue weighted by Gasteiger charge is 2.29. The number of fused-ring (bicyclic) bond motifs is 2. The molecule has 3 aromatic rings. The van der Waals surface area contributed by atoms with E-state index >= 15 is 0 Å². The van der Waals surface area contributed by atoms with Crippen LogP contribution in [0.1, 0.15) is 34.5 Å². The predicted octanol–water partition coefficient (Wildman–Crippen LogP) is 4.19. The maximum absolute atomic E-state index is 11.7. The Labute approximate surface area is 188 Å². The van der Waals surface area contributed by atoms with E-state index in [2.05, 4.69) is 22.0 Å². The van der Waals surface area contributed by atoms with Crippen LogP contribution >= 0.6 is 11.6 Å². The molecule has 2 aromatic carbocycles. The van der Waals surface area contributed by atoms with Crippen LogP contribution in [0.25, 0.3) is 11.4 Å². The Morgan fingerprint density at radius 3 is 2.81 bits per heavy atom. The van der Waals surface area contributed by atoms with Crippen molar-refractivity contribution in [2.45, 2.75) is 44.0 Å². The first-order valence-corrected chi connectivity index (χ1v) is 13.1. The summed E-state index contributed by atoms with van der Waals surface area (Å²) in [5.41, 5.74) is 6.80. The van der Waals surface area contributed by atoms with E-state index in [0.29, 0.717) is 11.1 Å². The lowest BCUT2D eigenvalue weighted by Crippen LogP contribution is -2.42. The monoisotopic (exact) mass is 455 g/mol. The van der Waals surface area contributed by atoms with E-state index in [1.807, 2.05) is 30.3 Å². The first-order valence-electron chi connectivity index (χ1n) is 10.7. The molecule has 1 unspecified atom stereocenters. The Morgan fingerprint density at radius 2 is 2.00 bits per heavy atom. The van der Waals surface area contributed by atoms with E-state index in [-0.39, 0.29) is 5.75 Å². The number of H-pyrrole nitrogens is 1. The molecule has 0 saturated carbocycles. The van der Waals surface area contributed by atoms with Gasteiger partial charge in [0.25, 0.3) is 0 Å². The summed E-state index contributed by atoms with van der Waals surface area (Å²) in [6.45, 7) is 1.85. The van der Waals surface area contributed by atoms with Gasteiger partial charge in [-0.1, -0.05) is 41.9 Å². The molecular formula is C24H26ClN3O2S. The van der Waals surface area contributed by atoms with Crippen LogP contribution in [-0.2, 0) is 41.4 Å². The van der Waals surface area contributed by atoms with Crippen molar-refractivity contribution in [3.8, 4) is 11.4 Å². The molecule has 5 rings (SSSR count). The van der Waals surface area contributed by atoms with Gasteiger partial charge >= 0.3 is 0 Å². The zero-order valence-corrected chi connectivity index (χ0v) is 19.1. The van der Waals surface area contributed by atoms with Crippen LogP contribution in [0.2, 0.25) is 5.02 Å². The van der Waals surface area contributed by atoms with Crippen LogP contribution in [0, 0.1) is 0 Å². The van der Waals surface area contributed by atoms with Crippen LogP contribution in [0.4, 0.5) is 0 Å². The molecule has 0 spiro atoms. The Bertz CT molecular complexity index is 1240. The summed E-state index contributed by atoms with van der Waals surface area (Å²) in [7, 11) is -3.03. The van der Waals surface area contributed by atoms with Gasteiger partial charge in [0.1, 0.15) is 5.82 Å².